The molecule has 0 aliphatic heterocycles. The quantitative estimate of drug-likeness (QED) is 0.480. The van der Waals surface area contributed by atoms with Gasteiger partial charge in [-0.05, 0) is 114 Å². The Bertz CT molecular complexity index is 1070. The van der Waals surface area contributed by atoms with Gasteiger partial charge in [-0.2, -0.15) is 0 Å². The van der Waals surface area contributed by atoms with Crippen molar-refractivity contribution in [3.63, 3.8) is 0 Å². The molecule has 3 nitrogen and oxygen atoms in total. The lowest BCUT2D eigenvalue weighted by Gasteiger charge is -2.22. The number of ether oxygens (including phenoxy) is 2. The van der Waals surface area contributed by atoms with Crippen LogP contribution in [0.15, 0.2) is 36.4 Å². The molecular formula is C28H33O3. The highest BCUT2D eigenvalue weighted by atomic mass is 16.5. The van der Waals surface area contributed by atoms with Gasteiger partial charge < -0.3 is 14.6 Å². The highest BCUT2D eigenvalue weighted by molar-refractivity contribution is 5.83. The van der Waals surface area contributed by atoms with Crippen molar-refractivity contribution in [2.45, 2.75) is 47.0 Å². The number of aryl methyl sites for hydroxylation is 2. The van der Waals surface area contributed by atoms with Crippen molar-refractivity contribution >= 4 is 0 Å². The van der Waals surface area contributed by atoms with E-state index >= 15 is 0 Å². The predicted molar refractivity (Wildman–Crippen MR) is 128 cm³/mol. The van der Waals surface area contributed by atoms with Gasteiger partial charge in [-0.25, -0.2) is 0 Å². The molecule has 0 atom stereocenters. The number of aliphatic hydroxyl groups is 1. The molecule has 163 valence electrons. The van der Waals surface area contributed by atoms with Gasteiger partial charge in [0.2, 0.25) is 0 Å². The van der Waals surface area contributed by atoms with E-state index in [0.717, 1.165) is 52.2 Å². The van der Waals surface area contributed by atoms with Gasteiger partial charge in [0, 0.05) is 6.61 Å². The number of hydrogen-bond acceptors (Lipinski definition) is 3. The molecule has 3 aromatic rings. The lowest BCUT2D eigenvalue weighted by molar-refractivity contribution is 0.299. The first-order valence-electron chi connectivity index (χ1n) is 11.0. The Balaban J connectivity index is 2.35. The smallest absolute Gasteiger partial charge is 0.121 e. The fourth-order valence-corrected chi connectivity index (χ4v) is 4.49. The van der Waals surface area contributed by atoms with Gasteiger partial charge in [0.1, 0.15) is 11.5 Å². The molecule has 0 saturated carbocycles. The highest BCUT2D eigenvalue weighted by Gasteiger charge is 2.20. The van der Waals surface area contributed by atoms with Crippen LogP contribution < -0.4 is 9.47 Å². The zero-order chi connectivity index (χ0) is 22.5. The zero-order valence-corrected chi connectivity index (χ0v) is 19.6. The maximum atomic E-state index is 9.76. The van der Waals surface area contributed by atoms with Crippen molar-refractivity contribution < 1.29 is 14.6 Å². The molecule has 31 heavy (non-hydrogen) atoms. The topological polar surface area (TPSA) is 38.7 Å². The summed E-state index contributed by atoms with van der Waals surface area (Å²) in [7, 11) is 3.41. The van der Waals surface area contributed by atoms with Crippen LogP contribution in [0.5, 0.6) is 11.5 Å². The Hall–Kier alpha value is -2.78. The van der Waals surface area contributed by atoms with Crippen molar-refractivity contribution in [1.29, 1.82) is 0 Å². The summed E-state index contributed by atoms with van der Waals surface area (Å²) >= 11 is 0. The average molecular weight is 418 g/mol. The standard InChI is InChI=1S/C28H33O3/c1-7-23-21(13-14-29)17-25(20-9-11-26(30-5)18(3)15-20)24(8-2)28(23)22-10-12-27(31-6)19(4)16-22/h9-12,15-16,29H,7-8,13-14H2,1-6H3. The van der Waals surface area contributed by atoms with Crippen molar-refractivity contribution in [3.05, 3.63) is 70.3 Å². The summed E-state index contributed by atoms with van der Waals surface area (Å²) in [6, 6.07) is 16.4. The third-order valence-corrected chi connectivity index (χ3v) is 5.98. The average Bonchev–Trinajstić information content (AvgIpc) is 2.78. The van der Waals surface area contributed by atoms with Crippen molar-refractivity contribution in [2.75, 3.05) is 20.8 Å². The van der Waals surface area contributed by atoms with Gasteiger partial charge in [0.25, 0.3) is 0 Å². The molecule has 0 bridgehead atoms. The minimum absolute atomic E-state index is 0.108. The first-order chi connectivity index (χ1) is 15.0. The molecule has 0 aromatic heterocycles. The van der Waals surface area contributed by atoms with Crippen LogP contribution in [-0.4, -0.2) is 25.9 Å². The van der Waals surface area contributed by atoms with E-state index in [2.05, 4.69) is 58.0 Å². The van der Waals surface area contributed by atoms with Gasteiger partial charge in [0.15, 0.2) is 0 Å². The lowest BCUT2D eigenvalue weighted by Crippen LogP contribution is -2.06. The van der Waals surface area contributed by atoms with Crippen LogP contribution in [0.4, 0.5) is 0 Å². The van der Waals surface area contributed by atoms with Crippen LogP contribution in [0.2, 0.25) is 0 Å². The Morgan fingerprint density at radius 2 is 1.35 bits per heavy atom. The maximum Gasteiger partial charge on any atom is 0.121 e. The third kappa shape index (κ3) is 4.47. The van der Waals surface area contributed by atoms with Crippen LogP contribution in [0.25, 0.3) is 22.3 Å². The largest absolute Gasteiger partial charge is 0.496 e. The fourth-order valence-electron chi connectivity index (χ4n) is 4.49. The lowest BCUT2D eigenvalue weighted by atomic mass is 9.82. The molecule has 3 rings (SSSR count). The summed E-state index contributed by atoms with van der Waals surface area (Å²) in [6.07, 6.45) is 2.38. The SMILES string of the molecule is CCc1c(CCO)[c]c(-c2ccc(OC)c(C)c2)c(CC)c1-c1ccc(OC)c(C)c1. The van der Waals surface area contributed by atoms with Crippen molar-refractivity contribution in [3.8, 4) is 33.8 Å². The van der Waals surface area contributed by atoms with E-state index in [4.69, 9.17) is 9.47 Å². The summed E-state index contributed by atoms with van der Waals surface area (Å²) in [4.78, 5) is 0. The summed E-state index contributed by atoms with van der Waals surface area (Å²) < 4.78 is 11.0. The Morgan fingerprint density at radius 1 is 0.806 bits per heavy atom. The minimum Gasteiger partial charge on any atom is -0.496 e. The molecule has 3 aromatic carbocycles. The van der Waals surface area contributed by atoms with E-state index in [1.165, 1.54) is 22.3 Å². The maximum absolute atomic E-state index is 9.76. The van der Waals surface area contributed by atoms with Crippen molar-refractivity contribution in [2.24, 2.45) is 0 Å². The monoisotopic (exact) mass is 417 g/mol. The van der Waals surface area contributed by atoms with E-state index in [-0.39, 0.29) is 6.61 Å². The van der Waals surface area contributed by atoms with Gasteiger partial charge >= 0.3 is 0 Å². The molecule has 3 heteroatoms. The van der Waals surface area contributed by atoms with Crippen LogP contribution in [0.3, 0.4) is 0 Å². The minimum atomic E-state index is 0.108. The predicted octanol–water partition coefficient (Wildman–Crippen LogP) is 6.11. The second-order valence-electron chi connectivity index (χ2n) is 7.86. The molecule has 0 aliphatic carbocycles. The second kappa shape index (κ2) is 10.0. The number of rotatable bonds is 8. The Morgan fingerprint density at radius 3 is 1.84 bits per heavy atom. The highest BCUT2D eigenvalue weighted by Crippen LogP contribution is 2.40. The number of methoxy groups -OCH3 is 2. The summed E-state index contributed by atoms with van der Waals surface area (Å²) in [5.41, 5.74) is 10.5. The van der Waals surface area contributed by atoms with Gasteiger partial charge in [0.05, 0.1) is 14.2 Å². The van der Waals surface area contributed by atoms with Crippen LogP contribution in [0, 0.1) is 19.9 Å². The van der Waals surface area contributed by atoms with E-state index < -0.39 is 0 Å². The third-order valence-electron chi connectivity index (χ3n) is 5.98. The molecule has 1 N–H and O–H groups in total. The molecule has 1 radical (unpaired) electrons. The number of aliphatic hydroxyl groups excluding tert-OH is 1. The van der Waals surface area contributed by atoms with E-state index in [1.54, 1.807) is 14.2 Å². The molecule has 0 saturated heterocycles. The normalized spacial score (nSPS) is 10.9. The van der Waals surface area contributed by atoms with Crippen LogP contribution >= 0.6 is 0 Å². The van der Waals surface area contributed by atoms with Gasteiger partial charge in [-0.3, -0.25) is 0 Å². The van der Waals surface area contributed by atoms with Crippen molar-refractivity contribution in [1.82, 2.24) is 0 Å². The molecule has 0 unspecified atom stereocenters. The molecule has 0 spiro atoms. The fraction of sp³-hybridized carbons (Fsp3) is 0.357. The molecule has 0 aliphatic rings. The number of benzene rings is 3. The van der Waals surface area contributed by atoms with E-state index in [9.17, 15) is 5.11 Å². The second-order valence-corrected chi connectivity index (χ2v) is 7.86. The molecule has 0 heterocycles. The first-order valence-corrected chi connectivity index (χ1v) is 11.0. The summed E-state index contributed by atoms with van der Waals surface area (Å²) in [5, 5.41) is 9.76. The molecule has 0 amide bonds. The molecule has 0 fully saturated rings. The Kier molecular flexibility index (Phi) is 7.40. The van der Waals surface area contributed by atoms with Gasteiger partial charge in [-0.1, -0.05) is 26.0 Å². The summed E-state index contributed by atoms with van der Waals surface area (Å²) in [5.74, 6) is 1.78. The van der Waals surface area contributed by atoms with Crippen LogP contribution in [0.1, 0.15) is 41.7 Å². The number of hydrogen-bond donors (Lipinski definition) is 1. The zero-order valence-electron chi connectivity index (χ0n) is 19.6. The Labute approximate surface area is 186 Å². The van der Waals surface area contributed by atoms with Gasteiger partial charge in [-0.15, -0.1) is 0 Å². The van der Waals surface area contributed by atoms with Crippen LogP contribution in [-0.2, 0) is 19.3 Å². The summed E-state index contributed by atoms with van der Waals surface area (Å²) in [6.45, 7) is 8.64. The molecular weight excluding hydrogens is 384 g/mol. The first kappa shape index (κ1) is 22.9. The van der Waals surface area contributed by atoms with E-state index in [1.807, 2.05) is 12.1 Å². The van der Waals surface area contributed by atoms with E-state index in [0.29, 0.717) is 6.42 Å².